The standard InChI is InChI=1S/C14H25N3O2/c1-11-6-9-16(10-7-11)14(19)17-8-4-3-5-12(17)13(18)15-2/h11-12H,3-10H2,1-2H3,(H,15,18). The van der Waals surface area contributed by atoms with E-state index in [0.717, 1.165) is 45.2 Å². The third-order valence-corrected chi connectivity index (χ3v) is 4.35. The van der Waals surface area contributed by atoms with Gasteiger partial charge in [-0.25, -0.2) is 4.79 Å². The summed E-state index contributed by atoms with van der Waals surface area (Å²) in [6.07, 6.45) is 4.96. The smallest absolute Gasteiger partial charge is 0.320 e. The Morgan fingerprint density at radius 1 is 1.05 bits per heavy atom. The number of hydrogen-bond donors (Lipinski definition) is 1. The number of urea groups is 1. The monoisotopic (exact) mass is 267 g/mol. The number of piperidine rings is 2. The van der Waals surface area contributed by atoms with Crippen molar-refractivity contribution in [2.24, 2.45) is 5.92 Å². The molecule has 2 rings (SSSR count). The lowest BCUT2D eigenvalue weighted by Gasteiger charge is -2.40. The van der Waals surface area contributed by atoms with Crippen molar-refractivity contribution >= 4 is 11.9 Å². The molecule has 2 aliphatic heterocycles. The highest BCUT2D eigenvalue weighted by molar-refractivity contribution is 5.87. The normalized spacial score (nSPS) is 25.3. The van der Waals surface area contributed by atoms with Gasteiger partial charge in [0.15, 0.2) is 0 Å². The zero-order chi connectivity index (χ0) is 13.8. The molecule has 2 saturated heterocycles. The lowest BCUT2D eigenvalue weighted by molar-refractivity contribution is -0.126. The second kappa shape index (κ2) is 6.26. The van der Waals surface area contributed by atoms with Crippen LogP contribution in [0.1, 0.15) is 39.0 Å². The van der Waals surface area contributed by atoms with Gasteiger partial charge in [0, 0.05) is 26.7 Å². The summed E-state index contributed by atoms with van der Waals surface area (Å²) in [7, 11) is 1.64. The highest BCUT2D eigenvalue weighted by Crippen LogP contribution is 2.22. The van der Waals surface area contributed by atoms with E-state index in [0.29, 0.717) is 12.5 Å². The first-order valence-corrected chi connectivity index (χ1v) is 7.40. The molecule has 2 fully saturated rings. The van der Waals surface area contributed by atoms with Crippen molar-refractivity contribution in [3.05, 3.63) is 0 Å². The molecule has 0 bridgehead atoms. The zero-order valence-corrected chi connectivity index (χ0v) is 12.0. The first-order chi connectivity index (χ1) is 9.13. The molecule has 19 heavy (non-hydrogen) atoms. The molecule has 2 heterocycles. The molecule has 0 aromatic heterocycles. The number of amides is 3. The Kier molecular flexibility index (Phi) is 4.66. The van der Waals surface area contributed by atoms with Gasteiger partial charge in [-0.1, -0.05) is 6.92 Å². The van der Waals surface area contributed by atoms with E-state index >= 15 is 0 Å². The lowest BCUT2D eigenvalue weighted by Crippen LogP contribution is -2.56. The van der Waals surface area contributed by atoms with Crippen LogP contribution in [0.15, 0.2) is 0 Å². The van der Waals surface area contributed by atoms with Crippen molar-refractivity contribution in [1.82, 2.24) is 15.1 Å². The second-order valence-corrected chi connectivity index (χ2v) is 5.77. The fourth-order valence-corrected chi connectivity index (χ4v) is 2.98. The van der Waals surface area contributed by atoms with Crippen LogP contribution in [-0.4, -0.2) is 54.5 Å². The van der Waals surface area contributed by atoms with Crippen LogP contribution in [0.25, 0.3) is 0 Å². The average molecular weight is 267 g/mol. The van der Waals surface area contributed by atoms with Crippen LogP contribution in [0.3, 0.4) is 0 Å². The summed E-state index contributed by atoms with van der Waals surface area (Å²) in [6.45, 7) is 4.60. The molecular weight excluding hydrogens is 242 g/mol. The molecule has 0 aliphatic carbocycles. The summed E-state index contributed by atoms with van der Waals surface area (Å²) in [5, 5.41) is 2.68. The van der Waals surface area contributed by atoms with Gasteiger partial charge in [0.25, 0.3) is 0 Å². The molecule has 1 N–H and O–H groups in total. The summed E-state index contributed by atoms with van der Waals surface area (Å²) in [5.41, 5.74) is 0. The maximum Gasteiger partial charge on any atom is 0.320 e. The Bertz CT molecular complexity index is 338. The van der Waals surface area contributed by atoms with Crippen LogP contribution in [0.4, 0.5) is 4.79 Å². The molecule has 1 unspecified atom stereocenters. The fourth-order valence-electron chi connectivity index (χ4n) is 2.98. The number of nitrogens with zero attached hydrogens (tertiary/aromatic N) is 2. The summed E-state index contributed by atoms with van der Waals surface area (Å²) in [4.78, 5) is 28.1. The third-order valence-electron chi connectivity index (χ3n) is 4.35. The van der Waals surface area contributed by atoms with Crippen molar-refractivity contribution in [1.29, 1.82) is 0 Å². The molecule has 0 spiro atoms. The molecule has 108 valence electrons. The minimum absolute atomic E-state index is 0.0292. The summed E-state index contributed by atoms with van der Waals surface area (Å²) in [6, 6.07) is -0.217. The first kappa shape index (κ1) is 14.2. The van der Waals surface area contributed by atoms with E-state index in [4.69, 9.17) is 0 Å². The van der Waals surface area contributed by atoms with Gasteiger partial charge in [-0.3, -0.25) is 4.79 Å². The minimum Gasteiger partial charge on any atom is -0.357 e. The number of hydrogen-bond acceptors (Lipinski definition) is 2. The van der Waals surface area contributed by atoms with Crippen molar-refractivity contribution < 1.29 is 9.59 Å². The van der Waals surface area contributed by atoms with Crippen molar-refractivity contribution in [2.45, 2.75) is 45.1 Å². The highest BCUT2D eigenvalue weighted by atomic mass is 16.2. The van der Waals surface area contributed by atoms with Gasteiger partial charge in [0.1, 0.15) is 6.04 Å². The van der Waals surface area contributed by atoms with Crippen molar-refractivity contribution in [2.75, 3.05) is 26.7 Å². The number of carbonyl (C=O) groups excluding carboxylic acids is 2. The first-order valence-electron chi connectivity index (χ1n) is 7.40. The van der Waals surface area contributed by atoms with Crippen LogP contribution in [0.2, 0.25) is 0 Å². The maximum absolute atomic E-state index is 12.6. The van der Waals surface area contributed by atoms with Gasteiger partial charge in [0.2, 0.25) is 5.91 Å². The Balaban J connectivity index is 2.01. The lowest BCUT2D eigenvalue weighted by atomic mass is 9.98. The largest absolute Gasteiger partial charge is 0.357 e. The summed E-state index contributed by atoms with van der Waals surface area (Å²) in [5.74, 6) is 0.679. The summed E-state index contributed by atoms with van der Waals surface area (Å²) < 4.78 is 0. The van der Waals surface area contributed by atoms with Crippen LogP contribution in [0, 0.1) is 5.92 Å². The van der Waals surface area contributed by atoms with E-state index in [1.807, 2.05) is 4.90 Å². The van der Waals surface area contributed by atoms with E-state index in [9.17, 15) is 9.59 Å². The Hall–Kier alpha value is -1.26. The predicted octanol–water partition coefficient (Wildman–Crippen LogP) is 1.44. The molecule has 0 saturated carbocycles. The minimum atomic E-state index is -0.273. The molecule has 0 aromatic carbocycles. The Morgan fingerprint density at radius 2 is 1.74 bits per heavy atom. The molecule has 5 heteroatoms. The van der Waals surface area contributed by atoms with E-state index in [1.54, 1.807) is 11.9 Å². The zero-order valence-electron chi connectivity index (χ0n) is 12.0. The number of likely N-dealkylation sites (N-methyl/N-ethyl adjacent to an activating group) is 1. The van der Waals surface area contributed by atoms with Crippen molar-refractivity contribution in [3.8, 4) is 0 Å². The number of likely N-dealkylation sites (tertiary alicyclic amines) is 2. The van der Waals surface area contributed by atoms with Crippen LogP contribution >= 0.6 is 0 Å². The van der Waals surface area contributed by atoms with Crippen LogP contribution in [-0.2, 0) is 4.79 Å². The van der Waals surface area contributed by atoms with Gasteiger partial charge in [-0.15, -0.1) is 0 Å². The fraction of sp³-hybridized carbons (Fsp3) is 0.857. The topological polar surface area (TPSA) is 52.7 Å². The predicted molar refractivity (Wildman–Crippen MR) is 73.8 cm³/mol. The van der Waals surface area contributed by atoms with Crippen LogP contribution < -0.4 is 5.32 Å². The molecule has 3 amide bonds. The molecule has 2 aliphatic rings. The quantitative estimate of drug-likeness (QED) is 0.781. The highest BCUT2D eigenvalue weighted by Gasteiger charge is 2.34. The third kappa shape index (κ3) is 3.19. The van der Waals surface area contributed by atoms with Gasteiger partial charge >= 0.3 is 6.03 Å². The van der Waals surface area contributed by atoms with E-state index in [-0.39, 0.29) is 18.0 Å². The van der Waals surface area contributed by atoms with Gasteiger partial charge < -0.3 is 15.1 Å². The van der Waals surface area contributed by atoms with Gasteiger partial charge in [-0.2, -0.15) is 0 Å². The molecular formula is C14H25N3O2. The number of nitrogens with one attached hydrogen (secondary N) is 1. The van der Waals surface area contributed by atoms with Crippen LogP contribution in [0.5, 0.6) is 0 Å². The van der Waals surface area contributed by atoms with Crippen molar-refractivity contribution in [3.63, 3.8) is 0 Å². The molecule has 5 nitrogen and oxygen atoms in total. The van der Waals surface area contributed by atoms with Gasteiger partial charge in [0.05, 0.1) is 0 Å². The number of carbonyl (C=O) groups is 2. The average Bonchev–Trinajstić information content (AvgIpc) is 2.46. The Morgan fingerprint density at radius 3 is 2.37 bits per heavy atom. The Labute approximate surface area is 115 Å². The second-order valence-electron chi connectivity index (χ2n) is 5.77. The van der Waals surface area contributed by atoms with E-state index in [1.165, 1.54) is 0 Å². The summed E-state index contributed by atoms with van der Waals surface area (Å²) >= 11 is 0. The molecule has 0 aromatic rings. The molecule has 0 radical (unpaired) electrons. The molecule has 1 atom stereocenters. The van der Waals surface area contributed by atoms with E-state index in [2.05, 4.69) is 12.2 Å². The SMILES string of the molecule is CNC(=O)C1CCCCN1C(=O)N1CCC(C)CC1. The van der Waals surface area contributed by atoms with Gasteiger partial charge in [-0.05, 0) is 38.0 Å². The number of rotatable bonds is 1. The maximum atomic E-state index is 12.6. The van der Waals surface area contributed by atoms with E-state index < -0.39 is 0 Å².